The number of hydrogen-bond donors (Lipinski definition) is 3. The van der Waals surface area contributed by atoms with Crippen LogP contribution < -0.4 is 5.73 Å². The van der Waals surface area contributed by atoms with Crippen LogP contribution in [-0.4, -0.2) is 29.5 Å². The summed E-state index contributed by atoms with van der Waals surface area (Å²) in [5, 5.41) is 18.1. The maximum absolute atomic E-state index is 9.14. The lowest BCUT2D eigenvalue weighted by molar-refractivity contribution is 0.207. The molecule has 25 heavy (non-hydrogen) atoms. The van der Waals surface area contributed by atoms with Crippen molar-refractivity contribution in [3.63, 3.8) is 0 Å². The standard InChI is InChI=1S/C22H45NO2/c1-2-3-4-5-6-7-8-9-10-11-12-13-14-15-16-21(17-19-24)22(23)18-20-25/h9-10,21-22,24-25H,2-8,11-20,23H2,1H3. The first-order valence-corrected chi connectivity index (χ1v) is 10.9. The van der Waals surface area contributed by atoms with Crippen LogP contribution in [0.15, 0.2) is 12.2 Å². The highest BCUT2D eigenvalue weighted by atomic mass is 16.3. The Labute approximate surface area is 157 Å². The minimum atomic E-state index is 0.0297. The summed E-state index contributed by atoms with van der Waals surface area (Å²) in [4.78, 5) is 0. The van der Waals surface area contributed by atoms with Gasteiger partial charge in [0.15, 0.2) is 0 Å². The number of hydrogen-bond acceptors (Lipinski definition) is 3. The van der Waals surface area contributed by atoms with Crippen LogP contribution in [0, 0.1) is 5.92 Å². The Kier molecular flexibility index (Phi) is 19.6. The fourth-order valence-electron chi connectivity index (χ4n) is 3.42. The SMILES string of the molecule is CCCCCCCCC=CCCCCCCC(CCO)C(N)CCO. The van der Waals surface area contributed by atoms with Gasteiger partial charge in [-0.3, -0.25) is 0 Å². The predicted molar refractivity (Wildman–Crippen MR) is 110 cm³/mol. The van der Waals surface area contributed by atoms with E-state index < -0.39 is 0 Å². The van der Waals surface area contributed by atoms with Crippen molar-refractivity contribution < 1.29 is 10.2 Å². The molecule has 0 saturated carbocycles. The number of rotatable bonds is 19. The third kappa shape index (κ3) is 16.8. The molecule has 0 rings (SSSR count). The van der Waals surface area contributed by atoms with Crippen LogP contribution in [0.5, 0.6) is 0 Å². The van der Waals surface area contributed by atoms with Gasteiger partial charge in [-0.1, -0.05) is 70.4 Å². The van der Waals surface area contributed by atoms with Crippen molar-refractivity contribution in [3.8, 4) is 0 Å². The number of unbranched alkanes of at least 4 members (excludes halogenated alkanes) is 10. The van der Waals surface area contributed by atoms with Gasteiger partial charge in [0, 0.05) is 19.3 Å². The summed E-state index contributed by atoms with van der Waals surface area (Å²) < 4.78 is 0. The summed E-state index contributed by atoms with van der Waals surface area (Å²) in [5.41, 5.74) is 6.09. The zero-order chi connectivity index (χ0) is 18.6. The molecular weight excluding hydrogens is 310 g/mol. The van der Waals surface area contributed by atoms with E-state index in [1.165, 1.54) is 77.0 Å². The van der Waals surface area contributed by atoms with E-state index in [4.69, 9.17) is 15.9 Å². The largest absolute Gasteiger partial charge is 0.396 e. The Balaban J connectivity index is 3.45. The second kappa shape index (κ2) is 19.9. The molecule has 0 bridgehead atoms. The molecule has 0 aliphatic heterocycles. The van der Waals surface area contributed by atoms with Crippen LogP contribution >= 0.6 is 0 Å². The van der Waals surface area contributed by atoms with Gasteiger partial charge in [0.2, 0.25) is 0 Å². The van der Waals surface area contributed by atoms with Crippen LogP contribution in [0.25, 0.3) is 0 Å². The van der Waals surface area contributed by atoms with Crippen molar-refractivity contribution in [2.45, 2.75) is 109 Å². The maximum atomic E-state index is 9.14. The minimum absolute atomic E-state index is 0.0297. The van der Waals surface area contributed by atoms with Crippen molar-refractivity contribution in [3.05, 3.63) is 12.2 Å². The minimum Gasteiger partial charge on any atom is -0.396 e. The van der Waals surface area contributed by atoms with Crippen LogP contribution in [0.3, 0.4) is 0 Å². The quantitative estimate of drug-likeness (QED) is 0.216. The van der Waals surface area contributed by atoms with E-state index >= 15 is 0 Å². The molecule has 0 aromatic heterocycles. The van der Waals surface area contributed by atoms with Gasteiger partial charge in [-0.05, 0) is 50.9 Å². The molecule has 3 heteroatoms. The van der Waals surface area contributed by atoms with E-state index in [9.17, 15) is 0 Å². The molecule has 0 heterocycles. The normalized spacial score (nSPS) is 14.2. The summed E-state index contributed by atoms with van der Waals surface area (Å²) in [6, 6.07) is 0.0297. The van der Waals surface area contributed by atoms with E-state index in [0.29, 0.717) is 12.3 Å². The van der Waals surface area contributed by atoms with Gasteiger partial charge < -0.3 is 15.9 Å². The third-order valence-electron chi connectivity index (χ3n) is 5.15. The first-order valence-electron chi connectivity index (χ1n) is 10.9. The molecule has 0 spiro atoms. The molecule has 0 aromatic rings. The molecular formula is C22H45NO2. The Morgan fingerprint density at radius 3 is 1.76 bits per heavy atom. The second-order valence-corrected chi connectivity index (χ2v) is 7.47. The number of allylic oxidation sites excluding steroid dienone is 2. The zero-order valence-electron chi connectivity index (χ0n) is 16.8. The van der Waals surface area contributed by atoms with Crippen molar-refractivity contribution >= 4 is 0 Å². The third-order valence-corrected chi connectivity index (χ3v) is 5.15. The van der Waals surface area contributed by atoms with Gasteiger partial charge in [0.25, 0.3) is 0 Å². The summed E-state index contributed by atoms with van der Waals surface area (Å²) in [5.74, 6) is 0.356. The lowest BCUT2D eigenvalue weighted by Gasteiger charge is -2.22. The molecule has 4 N–H and O–H groups in total. The average Bonchev–Trinajstić information content (AvgIpc) is 2.61. The van der Waals surface area contributed by atoms with E-state index in [1.807, 2.05) is 0 Å². The van der Waals surface area contributed by atoms with E-state index in [2.05, 4.69) is 19.1 Å². The van der Waals surface area contributed by atoms with Gasteiger partial charge in [0.05, 0.1) is 0 Å². The topological polar surface area (TPSA) is 66.5 Å². The van der Waals surface area contributed by atoms with Crippen LogP contribution in [0.4, 0.5) is 0 Å². The van der Waals surface area contributed by atoms with E-state index in [0.717, 1.165) is 12.8 Å². The van der Waals surface area contributed by atoms with E-state index in [-0.39, 0.29) is 19.3 Å². The molecule has 0 amide bonds. The summed E-state index contributed by atoms with van der Waals surface area (Å²) >= 11 is 0. The van der Waals surface area contributed by atoms with Crippen molar-refractivity contribution in [1.29, 1.82) is 0 Å². The van der Waals surface area contributed by atoms with Gasteiger partial charge in [-0.25, -0.2) is 0 Å². The van der Waals surface area contributed by atoms with Gasteiger partial charge in [-0.15, -0.1) is 0 Å². The van der Waals surface area contributed by atoms with Gasteiger partial charge in [0.1, 0.15) is 0 Å². The molecule has 3 nitrogen and oxygen atoms in total. The van der Waals surface area contributed by atoms with Gasteiger partial charge >= 0.3 is 0 Å². The number of aliphatic hydroxyl groups excluding tert-OH is 2. The fourth-order valence-corrected chi connectivity index (χ4v) is 3.42. The molecule has 2 atom stereocenters. The monoisotopic (exact) mass is 355 g/mol. The highest BCUT2D eigenvalue weighted by Gasteiger charge is 2.16. The predicted octanol–water partition coefficient (Wildman–Crippen LogP) is 5.34. The number of aliphatic hydroxyl groups is 2. The Morgan fingerprint density at radius 2 is 1.20 bits per heavy atom. The van der Waals surface area contributed by atoms with Crippen molar-refractivity contribution in [2.24, 2.45) is 11.7 Å². The molecule has 150 valence electrons. The highest BCUT2D eigenvalue weighted by Crippen LogP contribution is 2.19. The Hall–Kier alpha value is -0.380. The second-order valence-electron chi connectivity index (χ2n) is 7.47. The molecule has 0 saturated heterocycles. The average molecular weight is 356 g/mol. The maximum Gasteiger partial charge on any atom is 0.0445 e. The lowest BCUT2D eigenvalue weighted by Crippen LogP contribution is -2.31. The first kappa shape index (κ1) is 24.6. The zero-order valence-corrected chi connectivity index (χ0v) is 16.8. The number of nitrogens with two attached hydrogens (primary N) is 1. The van der Waals surface area contributed by atoms with Crippen molar-refractivity contribution in [2.75, 3.05) is 13.2 Å². The lowest BCUT2D eigenvalue weighted by atomic mass is 9.89. The van der Waals surface area contributed by atoms with Crippen LogP contribution in [-0.2, 0) is 0 Å². The summed E-state index contributed by atoms with van der Waals surface area (Å²) in [6.45, 7) is 2.61. The molecule has 0 aliphatic rings. The molecule has 0 fully saturated rings. The first-order chi connectivity index (χ1) is 12.3. The molecule has 0 aromatic carbocycles. The Bertz CT molecular complexity index is 281. The highest BCUT2D eigenvalue weighted by molar-refractivity contribution is 4.81. The van der Waals surface area contributed by atoms with Crippen molar-refractivity contribution in [1.82, 2.24) is 0 Å². The Morgan fingerprint density at radius 1 is 0.680 bits per heavy atom. The molecule has 0 radical (unpaired) electrons. The van der Waals surface area contributed by atoms with Crippen LogP contribution in [0.2, 0.25) is 0 Å². The smallest absolute Gasteiger partial charge is 0.0445 e. The molecule has 2 unspecified atom stereocenters. The summed E-state index contributed by atoms with van der Waals surface area (Å²) in [7, 11) is 0. The van der Waals surface area contributed by atoms with Crippen LogP contribution in [0.1, 0.15) is 103 Å². The van der Waals surface area contributed by atoms with E-state index in [1.54, 1.807) is 0 Å². The summed E-state index contributed by atoms with van der Waals surface area (Å²) in [6.07, 6.45) is 22.9. The fraction of sp³-hybridized carbons (Fsp3) is 0.909. The van der Waals surface area contributed by atoms with Gasteiger partial charge in [-0.2, -0.15) is 0 Å². The molecule has 0 aliphatic carbocycles.